The number of rotatable bonds is 7. The van der Waals surface area contributed by atoms with Crippen LogP contribution in [0, 0.1) is 11.8 Å². The smallest absolute Gasteiger partial charge is 0.243 e. The van der Waals surface area contributed by atoms with Gasteiger partial charge >= 0.3 is 0 Å². The lowest BCUT2D eigenvalue weighted by atomic mass is 10.0. The number of carbonyl (C=O) groups excluding carboxylic acids is 3. The van der Waals surface area contributed by atoms with Gasteiger partial charge in [-0.25, -0.2) is 0 Å². The first kappa shape index (κ1) is 20.5. The molecule has 0 bridgehead atoms. The second-order valence-corrected chi connectivity index (χ2v) is 7.55. The molecule has 2 atom stereocenters. The minimum absolute atomic E-state index is 0.0847. The van der Waals surface area contributed by atoms with Crippen LogP contribution in [-0.4, -0.2) is 35.3 Å². The molecule has 0 aliphatic carbocycles. The van der Waals surface area contributed by atoms with Crippen LogP contribution in [0.1, 0.15) is 25.8 Å². The summed E-state index contributed by atoms with van der Waals surface area (Å²) in [6, 6.07) is 12.3. The van der Waals surface area contributed by atoms with Crippen LogP contribution in [0.25, 0.3) is 0 Å². The number of anilines is 1. The van der Waals surface area contributed by atoms with Crippen LogP contribution in [0.2, 0.25) is 0 Å². The van der Waals surface area contributed by atoms with E-state index in [4.69, 9.17) is 0 Å². The Morgan fingerprint density at radius 2 is 1.93 bits per heavy atom. The summed E-state index contributed by atoms with van der Waals surface area (Å²) in [6.45, 7) is 4.42. The van der Waals surface area contributed by atoms with Crippen LogP contribution in [0.15, 0.2) is 54.9 Å². The zero-order valence-corrected chi connectivity index (χ0v) is 16.7. The minimum Gasteiger partial charge on any atom is -0.350 e. The third-order valence-electron chi connectivity index (χ3n) is 5.00. The van der Waals surface area contributed by atoms with E-state index in [-0.39, 0.29) is 30.1 Å². The zero-order chi connectivity index (χ0) is 20.8. The minimum atomic E-state index is -0.667. The first-order valence-electron chi connectivity index (χ1n) is 9.78. The number of para-hydroxylation sites is 1. The van der Waals surface area contributed by atoms with Crippen molar-refractivity contribution in [1.29, 1.82) is 0 Å². The van der Waals surface area contributed by atoms with E-state index in [0.29, 0.717) is 13.1 Å². The van der Waals surface area contributed by atoms with Crippen LogP contribution < -0.4 is 15.5 Å². The molecule has 2 heterocycles. The second kappa shape index (κ2) is 9.32. The Labute approximate surface area is 170 Å². The molecule has 3 amide bonds. The van der Waals surface area contributed by atoms with E-state index in [1.54, 1.807) is 23.4 Å². The van der Waals surface area contributed by atoms with Crippen molar-refractivity contribution >= 4 is 23.4 Å². The van der Waals surface area contributed by atoms with E-state index in [0.717, 1.165) is 11.3 Å². The number of benzene rings is 1. The molecule has 0 spiro atoms. The van der Waals surface area contributed by atoms with Gasteiger partial charge < -0.3 is 15.5 Å². The zero-order valence-electron chi connectivity index (χ0n) is 16.7. The highest BCUT2D eigenvalue weighted by Crippen LogP contribution is 2.25. The van der Waals surface area contributed by atoms with Crippen LogP contribution in [0.3, 0.4) is 0 Å². The Kier molecular flexibility index (Phi) is 6.59. The lowest BCUT2D eigenvalue weighted by Gasteiger charge is -2.23. The van der Waals surface area contributed by atoms with Gasteiger partial charge in [0.25, 0.3) is 0 Å². The predicted octanol–water partition coefficient (Wildman–Crippen LogP) is 1.89. The molecule has 3 rings (SSSR count). The normalized spacial score (nSPS) is 17.3. The first-order chi connectivity index (χ1) is 14.0. The van der Waals surface area contributed by atoms with Gasteiger partial charge in [-0.05, 0) is 29.7 Å². The van der Waals surface area contributed by atoms with Crippen LogP contribution in [-0.2, 0) is 20.9 Å². The number of pyridine rings is 1. The monoisotopic (exact) mass is 394 g/mol. The summed E-state index contributed by atoms with van der Waals surface area (Å²) in [6.07, 6.45) is 3.50. The fourth-order valence-electron chi connectivity index (χ4n) is 3.35. The van der Waals surface area contributed by atoms with Gasteiger partial charge in [0, 0.05) is 37.6 Å². The summed E-state index contributed by atoms with van der Waals surface area (Å²) >= 11 is 0. The highest BCUT2D eigenvalue weighted by molar-refractivity contribution is 6.01. The van der Waals surface area contributed by atoms with Crippen molar-refractivity contribution in [3.63, 3.8) is 0 Å². The van der Waals surface area contributed by atoms with Gasteiger partial charge in [-0.15, -0.1) is 0 Å². The average molecular weight is 394 g/mol. The fraction of sp³-hybridized carbons (Fsp3) is 0.364. The van der Waals surface area contributed by atoms with Crippen molar-refractivity contribution in [1.82, 2.24) is 15.6 Å². The highest BCUT2D eigenvalue weighted by atomic mass is 16.2. The van der Waals surface area contributed by atoms with E-state index in [9.17, 15) is 14.4 Å². The van der Waals surface area contributed by atoms with Gasteiger partial charge in [0.2, 0.25) is 17.7 Å². The van der Waals surface area contributed by atoms with Crippen molar-refractivity contribution < 1.29 is 14.4 Å². The molecule has 1 aromatic carbocycles. The molecule has 0 saturated carbocycles. The first-order valence-corrected chi connectivity index (χ1v) is 9.78. The maximum atomic E-state index is 12.8. The van der Waals surface area contributed by atoms with E-state index in [1.807, 2.05) is 50.2 Å². The molecule has 1 aliphatic heterocycles. The number of carbonyl (C=O) groups is 3. The largest absolute Gasteiger partial charge is 0.350 e. The Hall–Kier alpha value is -3.22. The average Bonchev–Trinajstić information content (AvgIpc) is 3.13. The Bertz CT molecular complexity index is 855. The lowest BCUT2D eigenvalue weighted by molar-refractivity contribution is -0.132. The molecule has 29 heavy (non-hydrogen) atoms. The number of nitrogens with one attached hydrogen (secondary N) is 2. The fourth-order valence-corrected chi connectivity index (χ4v) is 3.35. The van der Waals surface area contributed by atoms with Crippen molar-refractivity contribution in [3.05, 3.63) is 60.4 Å². The molecular weight excluding hydrogens is 368 g/mol. The predicted molar refractivity (Wildman–Crippen MR) is 110 cm³/mol. The Balaban J connectivity index is 1.59. The van der Waals surface area contributed by atoms with Gasteiger partial charge in [0.05, 0.1) is 5.92 Å². The molecule has 1 saturated heterocycles. The van der Waals surface area contributed by atoms with Gasteiger partial charge in [0.1, 0.15) is 6.04 Å². The summed E-state index contributed by atoms with van der Waals surface area (Å²) in [5, 5.41) is 5.69. The van der Waals surface area contributed by atoms with Crippen molar-refractivity contribution in [2.24, 2.45) is 11.8 Å². The number of aromatic nitrogens is 1. The molecule has 1 aromatic heterocycles. The van der Waals surface area contributed by atoms with Crippen molar-refractivity contribution in [3.8, 4) is 0 Å². The molecule has 7 heteroatoms. The maximum Gasteiger partial charge on any atom is 0.243 e. The number of nitrogens with zero attached hydrogens (tertiary/aromatic N) is 2. The Morgan fingerprint density at radius 1 is 1.17 bits per heavy atom. The molecule has 1 fully saturated rings. The summed E-state index contributed by atoms with van der Waals surface area (Å²) in [5.74, 6) is -1.17. The summed E-state index contributed by atoms with van der Waals surface area (Å²) in [7, 11) is 0. The van der Waals surface area contributed by atoms with Crippen LogP contribution in [0.4, 0.5) is 5.69 Å². The number of hydrogen-bond donors (Lipinski definition) is 2. The molecular formula is C22H26N4O3. The SMILES string of the molecule is CC(C)[C@H](NC(=O)C1CC(=O)N(c2ccccc2)C1)C(=O)NCc1cccnc1. The standard InChI is InChI=1S/C22H26N4O3/c1-15(2)20(22(29)24-13-16-7-6-10-23-12-16)25-21(28)17-11-19(27)26(14-17)18-8-4-3-5-9-18/h3-10,12,15,17,20H,11,13-14H2,1-2H3,(H,24,29)(H,25,28)/t17?,20-/m0/s1. The van der Waals surface area contributed by atoms with E-state index >= 15 is 0 Å². The summed E-state index contributed by atoms with van der Waals surface area (Å²) < 4.78 is 0. The Morgan fingerprint density at radius 3 is 2.59 bits per heavy atom. The van der Waals surface area contributed by atoms with Gasteiger partial charge in [-0.3, -0.25) is 19.4 Å². The molecule has 7 nitrogen and oxygen atoms in total. The van der Waals surface area contributed by atoms with Gasteiger partial charge in [0.15, 0.2) is 0 Å². The number of amides is 3. The van der Waals surface area contributed by atoms with E-state index in [1.165, 1.54) is 0 Å². The second-order valence-electron chi connectivity index (χ2n) is 7.55. The van der Waals surface area contributed by atoms with E-state index < -0.39 is 12.0 Å². The molecule has 0 radical (unpaired) electrons. The van der Waals surface area contributed by atoms with Crippen LogP contribution >= 0.6 is 0 Å². The molecule has 2 aromatic rings. The third-order valence-corrected chi connectivity index (χ3v) is 5.00. The highest BCUT2D eigenvalue weighted by Gasteiger charge is 2.37. The number of hydrogen-bond acceptors (Lipinski definition) is 4. The van der Waals surface area contributed by atoms with E-state index in [2.05, 4.69) is 15.6 Å². The maximum absolute atomic E-state index is 12.8. The van der Waals surface area contributed by atoms with Crippen LogP contribution in [0.5, 0.6) is 0 Å². The molecule has 1 unspecified atom stereocenters. The van der Waals surface area contributed by atoms with Crippen molar-refractivity contribution in [2.75, 3.05) is 11.4 Å². The van der Waals surface area contributed by atoms with Crippen molar-refractivity contribution in [2.45, 2.75) is 32.9 Å². The topological polar surface area (TPSA) is 91.4 Å². The molecule has 152 valence electrons. The quantitative estimate of drug-likeness (QED) is 0.750. The molecule has 2 N–H and O–H groups in total. The third kappa shape index (κ3) is 5.19. The van der Waals surface area contributed by atoms with Gasteiger partial charge in [-0.2, -0.15) is 0 Å². The molecule has 1 aliphatic rings. The summed E-state index contributed by atoms with van der Waals surface area (Å²) in [4.78, 5) is 43.4. The van der Waals surface area contributed by atoms with Gasteiger partial charge in [-0.1, -0.05) is 38.1 Å². The lowest BCUT2D eigenvalue weighted by Crippen LogP contribution is -2.51. The summed E-state index contributed by atoms with van der Waals surface area (Å²) in [5.41, 5.74) is 1.66.